The van der Waals surface area contributed by atoms with Crippen LogP contribution in [-0.2, 0) is 12.8 Å². The SMILES string of the molecule is CCOc1cccc(N2CCN(c3nc4c(cc3C#N)CCC4)CC2)n1. The van der Waals surface area contributed by atoms with E-state index in [1.165, 1.54) is 11.3 Å². The Hall–Kier alpha value is -2.81. The van der Waals surface area contributed by atoms with Gasteiger partial charge >= 0.3 is 0 Å². The van der Waals surface area contributed by atoms with E-state index in [0.29, 0.717) is 18.1 Å². The Morgan fingerprint density at radius 3 is 2.69 bits per heavy atom. The molecule has 26 heavy (non-hydrogen) atoms. The van der Waals surface area contributed by atoms with E-state index in [-0.39, 0.29) is 0 Å². The molecule has 0 unspecified atom stereocenters. The number of anilines is 2. The van der Waals surface area contributed by atoms with Crippen LogP contribution in [-0.4, -0.2) is 42.8 Å². The molecule has 3 heterocycles. The summed E-state index contributed by atoms with van der Waals surface area (Å²) in [6.07, 6.45) is 3.22. The molecule has 2 aromatic heterocycles. The summed E-state index contributed by atoms with van der Waals surface area (Å²) < 4.78 is 5.51. The minimum atomic E-state index is 0.616. The number of nitriles is 1. The summed E-state index contributed by atoms with van der Waals surface area (Å²) in [5, 5.41) is 9.54. The Morgan fingerprint density at radius 2 is 1.92 bits per heavy atom. The molecule has 134 valence electrons. The number of aryl methyl sites for hydroxylation is 2. The van der Waals surface area contributed by atoms with E-state index in [9.17, 15) is 5.26 Å². The van der Waals surface area contributed by atoms with E-state index in [2.05, 4.69) is 20.9 Å². The Morgan fingerprint density at radius 1 is 1.12 bits per heavy atom. The molecule has 1 fully saturated rings. The molecule has 0 saturated carbocycles. The lowest BCUT2D eigenvalue weighted by atomic mass is 10.1. The highest BCUT2D eigenvalue weighted by atomic mass is 16.5. The summed E-state index contributed by atoms with van der Waals surface area (Å²) in [6.45, 7) is 5.95. The van der Waals surface area contributed by atoms with Crippen LogP contribution < -0.4 is 14.5 Å². The molecule has 0 amide bonds. The Kier molecular flexibility index (Phi) is 4.61. The van der Waals surface area contributed by atoms with Crippen molar-refractivity contribution < 1.29 is 4.74 Å². The number of piperazine rings is 1. The van der Waals surface area contributed by atoms with Gasteiger partial charge in [-0.15, -0.1) is 0 Å². The lowest BCUT2D eigenvalue weighted by molar-refractivity contribution is 0.327. The van der Waals surface area contributed by atoms with Crippen molar-refractivity contribution in [2.75, 3.05) is 42.6 Å². The molecule has 2 aromatic rings. The zero-order valence-electron chi connectivity index (χ0n) is 15.1. The van der Waals surface area contributed by atoms with Gasteiger partial charge in [-0.3, -0.25) is 0 Å². The summed E-state index contributed by atoms with van der Waals surface area (Å²) >= 11 is 0. The fraction of sp³-hybridized carbons (Fsp3) is 0.450. The summed E-state index contributed by atoms with van der Waals surface area (Å²) in [6, 6.07) is 10.3. The van der Waals surface area contributed by atoms with E-state index in [4.69, 9.17) is 9.72 Å². The number of fused-ring (bicyclic) bond motifs is 1. The van der Waals surface area contributed by atoms with E-state index in [1.807, 2.05) is 31.2 Å². The standard InChI is InChI=1S/C20H23N5O/c1-2-26-19-8-4-7-18(23-19)24-9-11-25(12-10-24)20-16(14-21)13-15-5-3-6-17(15)22-20/h4,7-8,13H,2-3,5-6,9-12H2,1H3. The molecule has 0 aromatic carbocycles. The Labute approximate surface area is 154 Å². The molecule has 0 atom stereocenters. The largest absolute Gasteiger partial charge is 0.478 e. The second kappa shape index (κ2) is 7.20. The van der Waals surface area contributed by atoms with Crippen LogP contribution in [0, 0.1) is 11.3 Å². The number of rotatable bonds is 4. The van der Waals surface area contributed by atoms with Gasteiger partial charge in [0.1, 0.15) is 17.7 Å². The van der Waals surface area contributed by atoms with E-state index < -0.39 is 0 Å². The zero-order valence-corrected chi connectivity index (χ0v) is 15.1. The first-order valence-electron chi connectivity index (χ1n) is 9.31. The normalized spacial score (nSPS) is 16.3. The maximum absolute atomic E-state index is 9.54. The van der Waals surface area contributed by atoms with Crippen LogP contribution in [0.2, 0.25) is 0 Å². The van der Waals surface area contributed by atoms with E-state index in [1.54, 1.807) is 0 Å². The van der Waals surface area contributed by atoms with Crippen molar-refractivity contribution in [3.8, 4) is 11.9 Å². The predicted octanol–water partition coefficient (Wildman–Crippen LogP) is 2.56. The average Bonchev–Trinajstić information content (AvgIpc) is 3.15. The van der Waals surface area contributed by atoms with Crippen LogP contribution >= 0.6 is 0 Å². The van der Waals surface area contributed by atoms with Crippen molar-refractivity contribution in [1.82, 2.24) is 9.97 Å². The average molecular weight is 349 g/mol. The van der Waals surface area contributed by atoms with Crippen LogP contribution in [0.5, 0.6) is 5.88 Å². The number of ether oxygens (including phenoxy) is 1. The number of hydrogen-bond acceptors (Lipinski definition) is 6. The Bertz CT molecular complexity index is 837. The number of pyridine rings is 2. The van der Waals surface area contributed by atoms with Gasteiger partial charge in [0.05, 0.1) is 12.2 Å². The first-order valence-corrected chi connectivity index (χ1v) is 9.31. The van der Waals surface area contributed by atoms with Crippen LogP contribution in [0.25, 0.3) is 0 Å². The number of aromatic nitrogens is 2. The molecule has 6 heteroatoms. The molecule has 4 rings (SSSR count). The van der Waals surface area contributed by atoms with Crippen LogP contribution in [0.1, 0.15) is 30.2 Å². The van der Waals surface area contributed by atoms with Crippen molar-refractivity contribution in [3.63, 3.8) is 0 Å². The van der Waals surface area contributed by atoms with E-state index >= 15 is 0 Å². The Balaban J connectivity index is 1.49. The highest BCUT2D eigenvalue weighted by Gasteiger charge is 2.24. The maximum Gasteiger partial charge on any atom is 0.215 e. The first-order chi connectivity index (χ1) is 12.8. The third kappa shape index (κ3) is 3.17. The molecular weight excluding hydrogens is 326 g/mol. The van der Waals surface area contributed by atoms with Crippen molar-refractivity contribution in [2.45, 2.75) is 26.2 Å². The molecule has 2 aliphatic rings. The molecule has 6 nitrogen and oxygen atoms in total. The number of hydrogen-bond donors (Lipinski definition) is 0. The fourth-order valence-corrected chi connectivity index (χ4v) is 3.74. The van der Waals surface area contributed by atoms with Crippen LogP contribution in [0.3, 0.4) is 0 Å². The van der Waals surface area contributed by atoms with Crippen molar-refractivity contribution in [3.05, 3.63) is 41.1 Å². The third-order valence-electron chi connectivity index (χ3n) is 5.06. The van der Waals surface area contributed by atoms with Crippen LogP contribution in [0.4, 0.5) is 11.6 Å². The van der Waals surface area contributed by atoms with Gasteiger partial charge in [0, 0.05) is 37.9 Å². The smallest absolute Gasteiger partial charge is 0.215 e. The summed E-state index contributed by atoms with van der Waals surface area (Å²) in [5.41, 5.74) is 3.13. The van der Waals surface area contributed by atoms with Gasteiger partial charge in [-0.1, -0.05) is 6.07 Å². The minimum absolute atomic E-state index is 0.616. The van der Waals surface area contributed by atoms with Gasteiger partial charge in [-0.05, 0) is 43.9 Å². The van der Waals surface area contributed by atoms with Gasteiger partial charge in [0.2, 0.25) is 5.88 Å². The quantitative estimate of drug-likeness (QED) is 0.845. The molecule has 1 saturated heterocycles. The van der Waals surface area contributed by atoms with E-state index in [0.717, 1.165) is 57.1 Å². The topological polar surface area (TPSA) is 65.3 Å². The predicted molar refractivity (Wildman–Crippen MR) is 101 cm³/mol. The molecule has 0 bridgehead atoms. The van der Waals surface area contributed by atoms with Gasteiger partial charge < -0.3 is 14.5 Å². The van der Waals surface area contributed by atoms with Crippen molar-refractivity contribution in [1.29, 1.82) is 5.26 Å². The fourth-order valence-electron chi connectivity index (χ4n) is 3.74. The van der Waals surface area contributed by atoms with Gasteiger partial charge in [0.15, 0.2) is 0 Å². The lowest BCUT2D eigenvalue weighted by Crippen LogP contribution is -2.47. The lowest BCUT2D eigenvalue weighted by Gasteiger charge is -2.36. The molecular formula is C20H23N5O. The molecule has 0 N–H and O–H groups in total. The molecule has 1 aliphatic carbocycles. The molecule has 0 spiro atoms. The second-order valence-electron chi connectivity index (χ2n) is 6.67. The van der Waals surface area contributed by atoms with Gasteiger partial charge in [0.25, 0.3) is 0 Å². The maximum atomic E-state index is 9.54. The highest BCUT2D eigenvalue weighted by molar-refractivity contribution is 5.58. The number of nitrogens with zero attached hydrogens (tertiary/aromatic N) is 5. The van der Waals surface area contributed by atoms with Crippen molar-refractivity contribution >= 4 is 11.6 Å². The summed E-state index contributed by atoms with van der Waals surface area (Å²) in [5.74, 6) is 2.46. The van der Waals surface area contributed by atoms with Crippen LogP contribution in [0.15, 0.2) is 24.3 Å². The third-order valence-corrected chi connectivity index (χ3v) is 5.06. The minimum Gasteiger partial charge on any atom is -0.478 e. The summed E-state index contributed by atoms with van der Waals surface area (Å²) in [4.78, 5) is 13.9. The van der Waals surface area contributed by atoms with Crippen molar-refractivity contribution in [2.24, 2.45) is 0 Å². The summed E-state index contributed by atoms with van der Waals surface area (Å²) in [7, 11) is 0. The van der Waals surface area contributed by atoms with Gasteiger partial charge in [-0.25, -0.2) is 4.98 Å². The monoisotopic (exact) mass is 349 g/mol. The van der Waals surface area contributed by atoms with Gasteiger partial charge in [-0.2, -0.15) is 10.2 Å². The highest BCUT2D eigenvalue weighted by Crippen LogP contribution is 2.28. The second-order valence-corrected chi connectivity index (χ2v) is 6.67. The first kappa shape index (κ1) is 16.6. The molecule has 0 radical (unpaired) electrons. The zero-order chi connectivity index (χ0) is 17.9. The molecule has 1 aliphatic heterocycles.